The molecule has 0 aliphatic heterocycles. The molecular formula is H10N3O4P. The molecule has 8 heavy (non-hydrogen) atoms. The molecule has 0 unspecified atom stereocenters. The van der Waals surface area contributed by atoms with Crippen LogP contribution in [0.3, 0.4) is 0 Å². The molecule has 7 nitrogen and oxygen atoms in total. The molecule has 0 aliphatic carbocycles. The van der Waals surface area contributed by atoms with Gasteiger partial charge in [0.15, 0.2) is 0 Å². The molecule has 0 aliphatic rings. The number of hydrogen-bond donors (Lipinski definition) is 6. The minimum atomic E-state index is -4.64. The van der Waals surface area contributed by atoms with E-state index in [1.165, 1.54) is 0 Å². The van der Waals surface area contributed by atoms with E-state index in [2.05, 4.69) is 11.7 Å². The molecule has 0 aromatic heterocycles. The quantitative estimate of drug-likeness (QED) is 0.131. The second-order valence-electron chi connectivity index (χ2n) is 0.513. The molecule has 0 bridgehead atoms. The molecule has 0 saturated carbocycles. The number of phosphoric acid groups is 1. The van der Waals surface area contributed by atoms with Crippen LogP contribution >= 0.6 is 7.82 Å². The van der Waals surface area contributed by atoms with Crippen LogP contribution < -0.4 is 17.8 Å². The van der Waals surface area contributed by atoms with Crippen LogP contribution in [0.1, 0.15) is 0 Å². The van der Waals surface area contributed by atoms with Crippen molar-refractivity contribution in [3.8, 4) is 0 Å². The lowest BCUT2D eigenvalue weighted by Crippen LogP contribution is -2.02. The number of hydrogen-bond acceptors (Lipinski definition) is 4. The van der Waals surface area contributed by atoms with Gasteiger partial charge in [-0.05, 0) is 0 Å². The summed E-state index contributed by atoms with van der Waals surface area (Å²) in [5, 5.41) is 0. The Hall–Kier alpha value is -0.0100. The molecular weight excluding hydrogens is 137 g/mol. The van der Waals surface area contributed by atoms with Crippen molar-refractivity contribution in [3.05, 3.63) is 0 Å². The van der Waals surface area contributed by atoms with Crippen LogP contribution in [-0.4, -0.2) is 14.7 Å². The molecule has 54 valence electrons. The van der Waals surface area contributed by atoms with Gasteiger partial charge in [0.05, 0.1) is 0 Å². The van der Waals surface area contributed by atoms with E-state index < -0.39 is 7.82 Å². The molecule has 0 atom stereocenters. The Morgan fingerprint density at radius 2 is 1.12 bits per heavy atom. The molecule has 0 heterocycles. The van der Waals surface area contributed by atoms with E-state index in [0.29, 0.717) is 0 Å². The summed E-state index contributed by atoms with van der Waals surface area (Å²) in [5.41, 5.74) is 0. The van der Waals surface area contributed by atoms with Crippen LogP contribution in [0.15, 0.2) is 0 Å². The Morgan fingerprint density at radius 1 is 1.12 bits per heavy atom. The molecule has 0 aromatic carbocycles. The second kappa shape index (κ2) is 6.99. The third kappa shape index (κ3) is 1490000. The molecule has 0 saturated heterocycles. The number of rotatable bonds is 0. The highest BCUT2D eigenvalue weighted by molar-refractivity contribution is 7.45. The third-order valence-corrected chi connectivity index (χ3v) is 0. The van der Waals surface area contributed by atoms with Crippen LogP contribution in [0, 0.1) is 0 Å². The lowest BCUT2D eigenvalue weighted by Gasteiger charge is -1.82. The fourth-order valence-electron chi connectivity index (χ4n) is 0. The van der Waals surface area contributed by atoms with Gasteiger partial charge in [-0.25, -0.2) is 4.57 Å². The molecule has 0 aromatic rings. The standard InChI is InChI=1S/H4N2.H3N.H3O4P/c1-2;;1-5(2,3)4/h1-2H2;1H3;(H3,1,2,3,4). The fraction of sp³-hybridized carbons (Fsp3) is 0. The molecule has 0 fully saturated rings. The van der Waals surface area contributed by atoms with E-state index >= 15 is 0 Å². The maximum Gasteiger partial charge on any atom is 0.466 e. The van der Waals surface area contributed by atoms with Crippen LogP contribution in [-0.2, 0) is 4.57 Å². The van der Waals surface area contributed by atoms with Crippen molar-refractivity contribution in [2.24, 2.45) is 11.7 Å². The van der Waals surface area contributed by atoms with Crippen molar-refractivity contribution in [2.75, 3.05) is 0 Å². The predicted octanol–water partition coefficient (Wildman–Crippen LogP) is -1.95. The summed E-state index contributed by atoms with van der Waals surface area (Å²) >= 11 is 0. The minimum absolute atomic E-state index is 0. The third-order valence-electron chi connectivity index (χ3n) is 0. The van der Waals surface area contributed by atoms with E-state index in [1.54, 1.807) is 0 Å². The molecule has 10 N–H and O–H groups in total. The van der Waals surface area contributed by atoms with E-state index in [1.807, 2.05) is 0 Å². The van der Waals surface area contributed by atoms with Gasteiger partial charge in [0, 0.05) is 0 Å². The van der Waals surface area contributed by atoms with Gasteiger partial charge in [-0.3, -0.25) is 11.7 Å². The van der Waals surface area contributed by atoms with Gasteiger partial charge in [0.25, 0.3) is 0 Å². The van der Waals surface area contributed by atoms with E-state index in [-0.39, 0.29) is 6.15 Å². The zero-order chi connectivity index (χ0) is 6.50. The first-order valence-corrected chi connectivity index (χ1v) is 2.68. The zero-order valence-electron chi connectivity index (χ0n) is 4.06. The Labute approximate surface area is 46.1 Å². The van der Waals surface area contributed by atoms with Crippen LogP contribution in [0.5, 0.6) is 0 Å². The fourth-order valence-corrected chi connectivity index (χ4v) is 0. The average molecular weight is 147 g/mol. The highest BCUT2D eigenvalue weighted by Crippen LogP contribution is 2.25. The molecule has 0 rings (SSSR count). The Kier molecular flexibility index (Phi) is 13.7. The largest absolute Gasteiger partial charge is 0.466 e. The van der Waals surface area contributed by atoms with E-state index in [4.69, 9.17) is 19.2 Å². The number of nitrogens with two attached hydrogens (primary N) is 2. The van der Waals surface area contributed by atoms with Gasteiger partial charge in [-0.1, -0.05) is 0 Å². The first-order valence-electron chi connectivity index (χ1n) is 1.12. The summed E-state index contributed by atoms with van der Waals surface area (Å²) < 4.78 is 8.88. The summed E-state index contributed by atoms with van der Waals surface area (Å²) in [5.74, 6) is 8.00. The molecule has 0 radical (unpaired) electrons. The van der Waals surface area contributed by atoms with Crippen molar-refractivity contribution < 1.29 is 19.2 Å². The van der Waals surface area contributed by atoms with Gasteiger partial charge >= 0.3 is 7.82 Å². The Morgan fingerprint density at radius 3 is 1.12 bits per heavy atom. The van der Waals surface area contributed by atoms with E-state index in [9.17, 15) is 0 Å². The second-order valence-corrected chi connectivity index (χ2v) is 1.54. The summed E-state index contributed by atoms with van der Waals surface area (Å²) in [7, 11) is -4.64. The first kappa shape index (κ1) is 15.7. The highest BCUT2D eigenvalue weighted by Gasteiger charge is 2.00. The van der Waals surface area contributed by atoms with Crippen LogP contribution in [0.25, 0.3) is 0 Å². The summed E-state index contributed by atoms with van der Waals surface area (Å²) in [6.45, 7) is 0. The minimum Gasteiger partial charge on any atom is -0.344 e. The lowest BCUT2D eigenvalue weighted by molar-refractivity contribution is 0.275. The topological polar surface area (TPSA) is 165 Å². The van der Waals surface area contributed by atoms with Crippen molar-refractivity contribution in [2.45, 2.75) is 0 Å². The summed E-state index contributed by atoms with van der Waals surface area (Å²) in [6.07, 6.45) is 0. The van der Waals surface area contributed by atoms with Gasteiger partial charge in [0.2, 0.25) is 0 Å². The molecule has 0 spiro atoms. The maximum atomic E-state index is 8.88. The van der Waals surface area contributed by atoms with Crippen molar-refractivity contribution in [1.82, 2.24) is 6.15 Å². The van der Waals surface area contributed by atoms with E-state index in [0.717, 1.165) is 0 Å². The Bertz CT molecular complexity index is 57.4. The van der Waals surface area contributed by atoms with Gasteiger partial charge < -0.3 is 20.8 Å². The van der Waals surface area contributed by atoms with Crippen LogP contribution in [0.2, 0.25) is 0 Å². The molecule has 8 heteroatoms. The lowest BCUT2D eigenvalue weighted by atomic mass is 13.0. The average Bonchev–Trinajstić information content (AvgIpc) is 1.36. The smallest absolute Gasteiger partial charge is 0.344 e. The van der Waals surface area contributed by atoms with Crippen LogP contribution in [0.4, 0.5) is 0 Å². The monoisotopic (exact) mass is 147 g/mol. The predicted molar refractivity (Wildman–Crippen MR) is 27.7 cm³/mol. The first-order chi connectivity index (χ1) is 3.00. The normalized spacial score (nSPS) is 8.12. The Balaban J connectivity index is -0.0000000750. The number of hydrazine groups is 1. The molecule has 0 amide bonds. The highest BCUT2D eigenvalue weighted by atomic mass is 31.2. The maximum absolute atomic E-state index is 8.88. The van der Waals surface area contributed by atoms with Gasteiger partial charge in [-0.2, -0.15) is 0 Å². The van der Waals surface area contributed by atoms with Gasteiger partial charge in [-0.15, -0.1) is 0 Å². The van der Waals surface area contributed by atoms with Crippen molar-refractivity contribution in [1.29, 1.82) is 0 Å². The van der Waals surface area contributed by atoms with Crippen molar-refractivity contribution >= 4 is 7.82 Å². The van der Waals surface area contributed by atoms with Gasteiger partial charge in [0.1, 0.15) is 0 Å². The van der Waals surface area contributed by atoms with Crippen molar-refractivity contribution in [3.63, 3.8) is 0 Å². The summed E-state index contributed by atoms with van der Waals surface area (Å²) in [4.78, 5) is 21.6. The summed E-state index contributed by atoms with van der Waals surface area (Å²) in [6, 6.07) is 0. The SMILES string of the molecule is N.NN.O=P(O)(O)O. The zero-order valence-corrected chi connectivity index (χ0v) is 4.95.